The van der Waals surface area contributed by atoms with Gasteiger partial charge in [0.2, 0.25) is 0 Å². The molecule has 0 bridgehead atoms. The van der Waals surface area contributed by atoms with Crippen molar-refractivity contribution in [1.29, 1.82) is 0 Å². The average molecular weight is 293 g/mol. The summed E-state index contributed by atoms with van der Waals surface area (Å²) in [5, 5.41) is 3.23. The molecule has 1 unspecified atom stereocenters. The van der Waals surface area contributed by atoms with Crippen molar-refractivity contribution in [2.24, 2.45) is 0 Å². The van der Waals surface area contributed by atoms with Gasteiger partial charge >= 0.3 is 0 Å². The van der Waals surface area contributed by atoms with Crippen molar-refractivity contribution in [3.8, 4) is 0 Å². The Morgan fingerprint density at radius 3 is 2.00 bits per heavy atom. The van der Waals surface area contributed by atoms with E-state index in [0.29, 0.717) is 12.5 Å². The summed E-state index contributed by atoms with van der Waals surface area (Å²) in [7, 11) is 1.98. The molecule has 0 amide bonds. The Balaban J connectivity index is 3.29. The molecule has 1 heterocycles. The molecule has 0 radical (unpaired) electrons. The van der Waals surface area contributed by atoms with E-state index in [1.165, 1.54) is 5.56 Å². The molecule has 4 heteroatoms. The molecule has 0 aromatic carbocycles. The second-order valence-electron chi connectivity index (χ2n) is 5.72. The van der Waals surface area contributed by atoms with Crippen LogP contribution in [0.25, 0.3) is 0 Å². The molecule has 21 heavy (non-hydrogen) atoms. The summed E-state index contributed by atoms with van der Waals surface area (Å²) >= 11 is 0. The fourth-order valence-corrected chi connectivity index (χ4v) is 3.16. The van der Waals surface area contributed by atoms with Gasteiger partial charge in [0.15, 0.2) is 5.82 Å². The van der Waals surface area contributed by atoms with E-state index in [1.54, 1.807) is 0 Å². The van der Waals surface area contributed by atoms with Crippen LogP contribution in [0.1, 0.15) is 69.2 Å². The lowest BCUT2D eigenvalue weighted by molar-refractivity contribution is -0.0574. The molecule has 1 aromatic rings. The third kappa shape index (κ3) is 3.80. The smallest absolute Gasteiger partial charge is 0.160 e. The zero-order chi connectivity index (χ0) is 16.0. The topological polar surface area (TPSA) is 47.0 Å². The van der Waals surface area contributed by atoms with Crippen molar-refractivity contribution in [3.05, 3.63) is 22.8 Å². The average Bonchev–Trinajstić information content (AvgIpc) is 2.44. The van der Waals surface area contributed by atoms with Crippen LogP contribution >= 0.6 is 0 Å². The lowest BCUT2D eigenvalue weighted by Crippen LogP contribution is -2.32. The molecule has 1 N–H and O–H groups in total. The molecular weight excluding hydrogens is 262 g/mol. The Labute approximate surface area is 129 Å². The van der Waals surface area contributed by atoms with Gasteiger partial charge in [0.05, 0.1) is 0 Å². The summed E-state index contributed by atoms with van der Waals surface area (Å²) in [5.41, 5.74) is 3.05. The molecule has 0 aliphatic carbocycles. The maximum absolute atomic E-state index is 6.03. The van der Waals surface area contributed by atoms with E-state index in [1.807, 2.05) is 14.0 Å². The minimum Gasteiger partial charge on any atom is -0.367 e. The SMILES string of the molecule is CCOC(CC)(CC)c1nc(C)c(C(C)CNC)c(C)n1. The first-order valence-electron chi connectivity index (χ1n) is 8.09. The van der Waals surface area contributed by atoms with Crippen LogP contribution in [0.15, 0.2) is 0 Å². The number of rotatable bonds is 8. The van der Waals surface area contributed by atoms with Crippen molar-refractivity contribution in [1.82, 2.24) is 15.3 Å². The molecule has 1 rings (SSSR count). The second kappa shape index (κ2) is 7.85. The monoisotopic (exact) mass is 293 g/mol. The Kier molecular flexibility index (Phi) is 6.75. The zero-order valence-electron chi connectivity index (χ0n) is 14.7. The first-order valence-corrected chi connectivity index (χ1v) is 8.09. The number of hydrogen-bond donors (Lipinski definition) is 1. The molecule has 0 saturated heterocycles. The summed E-state index contributed by atoms with van der Waals surface area (Å²) in [5.74, 6) is 1.25. The van der Waals surface area contributed by atoms with E-state index >= 15 is 0 Å². The van der Waals surface area contributed by atoms with Gasteiger partial charge in [-0.3, -0.25) is 0 Å². The van der Waals surface area contributed by atoms with E-state index in [2.05, 4.69) is 39.9 Å². The normalized spacial score (nSPS) is 13.5. The fraction of sp³-hybridized carbons (Fsp3) is 0.765. The van der Waals surface area contributed by atoms with Gasteiger partial charge in [0.25, 0.3) is 0 Å². The highest BCUT2D eigenvalue weighted by Gasteiger charge is 2.33. The van der Waals surface area contributed by atoms with Crippen LogP contribution in [0, 0.1) is 13.8 Å². The molecule has 0 spiro atoms. The molecular formula is C17H31N3O. The van der Waals surface area contributed by atoms with Gasteiger partial charge in [-0.05, 0) is 52.1 Å². The van der Waals surface area contributed by atoms with Gasteiger partial charge in [-0.2, -0.15) is 0 Å². The van der Waals surface area contributed by atoms with E-state index < -0.39 is 0 Å². The molecule has 0 aliphatic rings. The molecule has 0 aliphatic heterocycles. The zero-order valence-corrected chi connectivity index (χ0v) is 14.7. The lowest BCUT2D eigenvalue weighted by atomic mass is 9.93. The Hall–Kier alpha value is -1.00. The van der Waals surface area contributed by atoms with Crippen LogP contribution in [0.5, 0.6) is 0 Å². The van der Waals surface area contributed by atoms with Crippen molar-refractivity contribution >= 4 is 0 Å². The van der Waals surface area contributed by atoms with Gasteiger partial charge in [-0.15, -0.1) is 0 Å². The summed E-state index contributed by atoms with van der Waals surface area (Å²) in [6.45, 7) is 14.3. The van der Waals surface area contributed by atoms with E-state index in [-0.39, 0.29) is 5.60 Å². The molecule has 120 valence electrons. The van der Waals surface area contributed by atoms with Gasteiger partial charge in [0.1, 0.15) is 5.60 Å². The van der Waals surface area contributed by atoms with Crippen LogP contribution in [0.4, 0.5) is 0 Å². The van der Waals surface area contributed by atoms with Crippen LogP contribution in [-0.4, -0.2) is 30.2 Å². The summed E-state index contributed by atoms with van der Waals surface area (Å²) in [4.78, 5) is 9.61. The number of ether oxygens (including phenoxy) is 1. The van der Waals surface area contributed by atoms with E-state index in [9.17, 15) is 0 Å². The summed E-state index contributed by atoms with van der Waals surface area (Å²) in [6, 6.07) is 0. The fourth-order valence-electron chi connectivity index (χ4n) is 3.16. The number of aryl methyl sites for hydroxylation is 2. The number of aromatic nitrogens is 2. The van der Waals surface area contributed by atoms with Crippen LogP contribution in [0.3, 0.4) is 0 Å². The second-order valence-corrected chi connectivity index (χ2v) is 5.72. The Morgan fingerprint density at radius 2 is 1.62 bits per heavy atom. The first-order chi connectivity index (χ1) is 9.95. The molecule has 1 atom stereocenters. The van der Waals surface area contributed by atoms with Gasteiger partial charge in [-0.25, -0.2) is 9.97 Å². The molecule has 1 aromatic heterocycles. The van der Waals surface area contributed by atoms with Crippen molar-refractivity contribution < 1.29 is 4.74 Å². The Morgan fingerprint density at radius 1 is 1.10 bits per heavy atom. The number of nitrogens with one attached hydrogen (secondary N) is 1. The van der Waals surface area contributed by atoms with Gasteiger partial charge < -0.3 is 10.1 Å². The third-order valence-electron chi connectivity index (χ3n) is 4.30. The first kappa shape index (κ1) is 18.1. The van der Waals surface area contributed by atoms with Gasteiger partial charge in [-0.1, -0.05) is 20.8 Å². The van der Waals surface area contributed by atoms with E-state index in [0.717, 1.165) is 36.6 Å². The standard InChI is InChI=1S/C17H31N3O/c1-8-17(9-2,21-10-3)16-19-13(5)15(14(6)20-16)12(4)11-18-7/h12,18H,8-11H2,1-7H3. The Bertz CT molecular complexity index is 432. The van der Waals surface area contributed by atoms with E-state index in [4.69, 9.17) is 14.7 Å². The highest BCUT2D eigenvalue weighted by atomic mass is 16.5. The summed E-state index contributed by atoms with van der Waals surface area (Å²) < 4.78 is 6.03. The highest BCUT2D eigenvalue weighted by molar-refractivity contribution is 5.29. The predicted molar refractivity (Wildman–Crippen MR) is 87.7 cm³/mol. The number of likely N-dealkylation sites (N-methyl/N-ethyl adjacent to an activating group) is 1. The van der Waals surface area contributed by atoms with Crippen molar-refractivity contribution in [2.45, 2.75) is 65.9 Å². The summed E-state index contributed by atoms with van der Waals surface area (Å²) in [6.07, 6.45) is 1.78. The maximum Gasteiger partial charge on any atom is 0.160 e. The third-order valence-corrected chi connectivity index (χ3v) is 4.30. The van der Waals surface area contributed by atoms with Crippen LogP contribution in [-0.2, 0) is 10.3 Å². The van der Waals surface area contributed by atoms with Gasteiger partial charge in [0, 0.05) is 24.5 Å². The highest BCUT2D eigenvalue weighted by Crippen LogP contribution is 2.32. The number of hydrogen-bond acceptors (Lipinski definition) is 4. The van der Waals surface area contributed by atoms with Crippen LogP contribution < -0.4 is 5.32 Å². The quantitative estimate of drug-likeness (QED) is 0.797. The molecule has 0 saturated carbocycles. The molecule has 4 nitrogen and oxygen atoms in total. The maximum atomic E-state index is 6.03. The van der Waals surface area contributed by atoms with Crippen molar-refractivity contribution in [3.63, 3.8) is 0 Å². The minimum atomic E-state index is -0.352. The minimum absolute atomic E-state index is 0.352. The lowest BCUT2D eigenvalue weighted by Gasteiger charge is -2.31. The van der Waals surface area contributed by atoms with Crippen molar-refractivity contribution in [2.75, 3.05) is 20.2 Å². The molecule has 0 fully saturated rings. The van der Waals surface area contributed by atoms with Crippen LogP contribution in [0.2, 0.25) is 0 Å². The largest absolute Gasteiger partial charge is 0.367 e. The number of nitrogens with zero attached hydrogens (tertiary/aromatic N) is 2. The predicted octanol–water partition coefficient (Wildman–Crippen LogP) is 3.47.